The number of carbonyl (C=O) groups is 1. The molecule has 0 aromatic carbocycles. The van der Waals surface area contributed by atoms with E-state index in [1.807, 2.05) is 0 Å². The number of hydrogen-bond acceptors (Lipinski definition) is 7. The van der Waals surface area contributed by atoms with Gasteiger partial charge in [0, 0.05) is 19.6 Å². The lowest BCUT2D eigenvalue weighted by molar-refractivity contribution is -0.0117. The standard InChI is InChI=1S/C12H18N4O3/c1-16-5-6-19-9(8-16)7-13-11-4-3-10(14-15-11)12(17)18-2/h3-4,9H,5-8H2,1-2H3,(H,13,15). The van der Waals surface area contributed by atoms with E-state index in [2.05, 4.69) is 32.2 Å². The van der Waals surface area contributed by atoms with Gasteiger partial charge in [0.05, 0.1) is 19.8 Å². The first-order valence-electron chi connectivity index (χ1n) is 6.15. The number of ether oxygens (including phenoxy) is 2. The second kappa shape index (κ2) is 6.44. The molecule has 19 heavy (non-hydrogen) atoms. The van der Waals surface area contributed by atoms with Gasteiger partial charge >= 0.3 is 5.97 Å². The zero-order valence-electron chi connectivity index (χ0n) is 11.1. The molecule has 1 N–H and O–H groups in total. The molecule has 1 saturated heterocycles. The Hall–Kier alpha value is -1.73. The van der Waals surface area contributed by atoms with Crippen molar-refractivity contribution in [1.29, 1.82) is 0 Å². The number of methoxy groups -OCH3 is 1. The maximum absolute atomic E-state index is 11.2. The molecule has 0 radical (unpaired) electrons. The molecule has 1 atom stereocenters. The minimum atomic E-state index is -0.490. The highest BCUT2D eigenvalue weighted by Gasteiger charge is 2.17. The third-order valence-electron chi connectivity index (χ3n) is 2.91. The van der Waals surface area contributed by atoms with E-state index in [-0.39, 0.29) is 11.8 Å². The van der Waals surface area contributed by atoms with Crippen molar-refractivity contribution < 1.29 is 14.3 Å². The number of rotatable bonds is 4. The lowest BCUT2D eigenvalue weighted by Gasteiger charge is -2.30. The Kier molecular flexibility index (Phi) is 4.64. The molecule has 1 aliphatic heterocycles. The number of esters is 1. The lowest BCUT2D eigenvalue weighted by atomic mass is 10.3. The Morgan fingerprint density at radius 2 is 2.42 bits per heavy atom. The number of carbonyl (C=O) groups excluding carboxylic acids is 1. The summed E-state index contributed by atoms with van der Waals surface area (Å²) >= 11 is 0. The molecule has 0 saturated carbocycles. The zero-order chi connectivity index (χ0) is 13.7. The van der Waals surface area contributed by atoms with Gasteiger partial charge in [-0.2, -0.15) is 0 Å². The van der Waals surface area contributed by atoms with Gasteiger partial charge in [0.25, 0.3) is 0 Å². The first-order valence-corrected chi connectivity index (χ1v) is 6.15. The monoisotopic (exact) mass is 266 g/mol. The van der Waals surface area contributed by atoms with Crippen LogP contribution in [0.4, 0.5) is 5.82 Å². The topological polar surface area (TPSA) is 76.6 Å². The molecular formula is C12H18N4O3. The number of hydrogen-bond donors (Lipinski definition) is 1. The zero-order valence-corrected chi connectivity index (χ0v) is 11.1. The van der Waals surface area contributed by atoms with E-state index in [9.17, 15) is 4.79 Å². The highest BCUT2D eigenvalue weighted by Crippen LogP contribution is 2.06. The van der Waals surface area contributed by atoms with Crippen LogP contribution in [0.1, 0.15) is 10.5 Å². The van der Waals surface area contributed by atoms with E-state index in [1.165, 1.54) is 7.11 Å². The second-order valence-electron chi connectivity index (χ2n) is 4.43. The lowest BCUT2D eigenvalue weighted by Crippen LogP contribution is -2.43. The molecule has 1 unspecified atom stereocenters. The summed E-state index contributed by atoms with van der Waals surface area (Å²) in [6.07, 6.45) is 0.140. The smallest absolute Gasteiger partial charge is 0.358 e. The normalized spacial score (nSPS) is 20.0. The van der Waals surface area contributed by atoms with Crippen molar-refractivity contribution in [2.45, 2.75) is 6.10 Å². The molecule has 0 amide bonds. The van der Waals surface area contributed by atoms with Gasteiger partial charge in [-0.15, -0.1) is 10.2 Å². The summed E-state index contributed by atoms with van der Waals surface area (Å²) in [7, 11) is 3.38. The van der Waals surface area contributed by atoms with Gasteiger partial charge in [-0.25, -0.2) is 4.79 Å². The minimum absolute atomic E-state index is 0.140. The van der Waals surface area contributed by atoms with Crippen LogP contribution in [-0.4, -0.2) is 67.6 Å². The van der Waals surface area contributed by atoms with Crippen molar-refractivity contribution in [2.24, 2.45) is 0 Å². The average molecular weight is 266 g/mol. The SMILES string of the molecule is COC(=O)c1ccc(NCC2CN(C)CCO2)nn1. The summed E-state index contributed by atoms with van der Waals surface area (Å²) in [5.41, 5.74) is 0.196. The van der Waals surface area contributed by atoms with E-state index in [0.29, 0.717) is 12.4 Å². The average Bonchev–Trinajstić information content (AvgIpc) is 2.45. The van der Waals surface area contributed by atoms with Crippen LogP contribution in [0.15, 0.2) is 12.1 Å². The van der Waals surface area contributed by atoms with Gasteiger partial charge in [0.1, 0.15) is 5.82 Å². The number of likely N-dealkylation sites (N-methyl/N-ethyl adjacent to an activating group) is 1. The van der Waals surface area contributed by atoms with Crippen molar-refractivity contribution >= 4 is 11.8 Å². The summed E-state index contributed by atoms with van der Waals surface area (Å²) in [6.45, 7) is 3.26. The number of anilines is 1. The maximum atomic E-state index is 11.2. The van der Waals surface area contributed by atoms with Crippen molar-refractivity contribution in [3.63, 3.8) is 0 Å². The van der Waals surface area contributed by atoms with Gasteiger partial charge in [-0.1, -0.05) is 0 Å². The first kappa shape index (κ1) is 13.7. The van der Waals surface area contributed by atoms with E-state index >= 15 is 0 Å². The van der Waals surface area contributed by atoms with Gasteiger partial charge in [-0.05, 0) is 19.2 Å². The molecule has 104 valence electrons. The van der Waals surface area contributed by atoms with Crippen LogP contribution in [0.3, 0.4) is 0 Å². The Labute approximate surface area is 111 Å². The van der Waals surface area contributed by atoms with Crippen molar-refractivity contribution in [2.75, 3.05) is 45.7 Å². The van der Waals surface area contributed by atoms with E-state index in [1.54, 1.807) is 12.1 Å². The van der Waals surface area contributed by atoms with Gasteiger partial charge < -0.3 is 19.7 Å². The summed E-state index contributed by atoms with van der Waals surface area (Å²) < 4.78 is 10.2. The van der Waals surface area contributed by atoms with Gasteiger partial charge in [0.15, 0.2) is 5.69 Å². The molecule has 1 aromatic heterocycles. The number of nitrogens with zero attached hydrogens (tertiary/aromatic N) is 3. The molecule has 7 heteroatoms. The predicted molar refractivity (Wildman–Crippen MR) is 69.1 cm³/mol. The van der Waals surface area contributed by atoms with Gasteiger partial charge in [-0.3, -0.25) is 0 Å². The fraction of sp³-hybridized carbons (Fsp3) is 0.583. The Morgan fingerprint density at radius 3 is 3.05 bits per heavy atom. The Morgan fingerprint density at radius 1 is 1.58 bits per heavy atom. The fourth-order valence-electron chi connectivity index (χ4n) is 1.85. The summed E-state index contributed by atoms with van der Waals surface area (Å²) in [4.78, 5) is 13.4. The van der Waals surface area contributed by atoms with Crippen LogP contribution >= 0.6 is 0 Å². The summed E-state index contributed by atoms with van der Waals surface area (Å²) in [5, 5.41) is 10.9. The van der Waals surface area contributed by atoms with Crippen LogP contribution < -0.4 is 5.32 Å². The largest absolute Gasteiger partial charge is 0.464 e. The molecule has 7 nitrogen and oxygen atoms in total. The van der Waals surface area contributed by atoms with Crippen LogP contribution in [0, 0.1) is 0 Å². The second-order valence-corrected chi connectivity index (χ2v) is 4.43. The first-order chi connectivity index (χ1) is 9.19. The molecule has 0 spiro atoms. The third kappa shape index (κ3) is 3.87. The fourth-order valence-corrected chi connectivity index (χ4v) is 1.85. The van der Waals surface area contributed by atoms with Crippen LogP contribution in [0.5, 0.6) is 0 Å². The molecule has 0 aliphatic carbocycles. The highest BCUT2D eigenvalue weighted by atomic mass is 16.5. The third-order valence-corrected chi connectivity index (χ3v) is 2.91. The minimum Gasteiger partial charge on any atom is -0.464 e. The van der Waals surface area contributed by atoms with E-state index < -0.39 is 5.97 Å². The summed E-state index contributed by atoms with van der Waals surface area (Å²) in [5.74, 6) is 0.126. The predicted octanol–water partition coefficient (Wildman–Crippen LogP) is 0.00570. The molecule has 2 heterocycles. The highest BCUT2D eigenvalue weighted by molar-refractivity contribution is 5.86. The van der Waals surface area contributed by atoms with Crippen LogP contribution in [0.2, 0.25) is 0 Å². The molecule has 1 aliphatic rings. The van der Waals surface area contributed by atoms with Gasteiger partial charge in [0.2, 0.25) is 0 Å². The van der Waals surface area contributed by atoms with Crippen molar-refractivity contribution in [3.05, 3.63) is 17.8 Å². The molecule has 2 rings (SSSR count). The maximum Gasteiger partial charge on any atom is 0.358 e. The van der Waals surface area contributed by atoms with E-state index in [0.717, 1.165) is 19.7 Å². The van der Waals surface area contributed by atoms with Crippen LogP contribution in [-0.2, 0) is 9.47 Å². The Bertz CT molecular complexity index is 423. The molecular weight excluding hydrogens is 248 g/mol. The quantitative estimate of drug-likeness (QED) is 0.769. The number of aromatic nitrogens is 2. The van der Waals surface area contributed by atoms with Crippen molar-refractivity contribution in [3.8, 4) is 0 Å². The number of nitrogens with one attached hydrogen (secondary N) is 1. The molecule has 0 bridgehead atoms. The summed E-state index contributed by atoms with van der Waals surface area (Å²) in [6, 6.07) is 3.28. The molecule has 1 aromatic rings. The van der Waals surface area contributed by atoms with E-state index in [4.69, 9.17) is 4.74 Å². The van der Waals surface area contributed by atoms with Crippen LogP contribution in [0.25, 0.3) is 0 Å². The molecule has 1 fully saturated rings. The van der Waals surface area contributed by atoms with Crippen molar-refractivity contribution in [1.82, 2.24) is 15.1 Å². The number of morpholine rings is 1. The Balaban J connectivity index is 1.84.